The Morgan fingerprint density at radius 1 is 1.24 bits per heavy atom. The standard InChI is InChI=1S/C21H33N3O4S/c1-21(2,24-10-12-27-13-11-24)16-22-20(26)18(9-14-29-3)23-19(25)15-28-17-7-5-4-6-8-17/h4-8,18H,9-16H2,1-3H3,(H,22,26)(H,23,25). The maximum Gasteiger partial charge on any atom is 0.258 e. The molecule has 162 valence electrons. The van der Waals surface area contributed by atoms with Crippen molar-refractivity contribution in [1.29, 1.82) is 0 Å². The molecule has 1 aromatic rings. The molecule has 1 saturated heterocycles. The molecule has 2 rings (SSSR count). The van der Waals surface area contributed by atoms with E-state index >= 15 is 0 Å². The van der Waals surface area contributed by atoms with Crippen LogP contribution in [0.25, 0.3) is 0 Å². The summed E-state index contributed by atoms with van der Waals surface area (Å²) in [6.45, 7) is 7.75. The van der Waals surface area contributed by atoms with E-state index in [2.05, 4.69) is 29.4 Å². The number of ether oxygens (including phenoxy) is 2. The van der Waals surface area contributed by atoms with Gasteiger partial charge in [-0.05, 0) is 44.4 Å². The first-order chi connectivity index (χ1) is 13.9. The number of rotatable bonds is 11. The molecular weight excluding hydrogens is 390 g/mol. The Morgan fingerprint density at radius 3 is 2.59 bits per heavy atom. The van der Waals surface area contributed by atoms with Crippen molar-refractivity contribution in [3.63, 3.8) is 0 Å². The highest BCUT2D eigenvalue weighted by atomic mass is 32.2. The summed E-state index contributed by atoms with van der Waals surface area (Å²) in [5.41, 5.74) is -0.177. The van der Waals surface area contributed by atoms with E-state index in [1.54, 1.807) is 23.9 Å². The monoisotopic (exact) mass is 423 g/mol. The van der Waals surface area contributed by atoms with Gasteiger partial charge in [0.15, 0.2) is 6.61 Å². The first-order valence-electron chi connectivity index (χ1n) is 9.99. The summed E-state index contributed by atoms with van der Waals surface area (Å²) in [4.78, 5) is 27.4. The predicted octanol–water partition coefficient (Wildman–Crippen LogP) is 1.53. The minimum absolute atomic E-state index is 0.119. The van der Waals surface area contributed by atoms with Gasteiger partial charge in [0.25, 0.3) is 5.91 Å². The molecule has 0 radical (unpaired) electrons. The second-order valence-electron chi connectivity index (χ2n) is 7.63. The minimum Gasteiger partial charge on any atom is -0.484 e. The summed E-state index contributed by atoms with van der Waals surface area (Å²) < 4.78 is 10.9. The second kappa shape index (κ2) is 12.0. The van der Waals surface area contributed by atoms with Crippen molar-refractivity contribution < 1.29 is 19.1 Å². The van der Waals surface area contributed by atoms with Crippen LogP contribution in [-0.4, -0.2) is 79.8 Å². The highest BCUT2D eigenvalue weighted by Crippen LogP contribution is 2.15. The van der Waals surface area contributed by atoms with Crippen LogP contribution in [0, 0.1) is 0 Å². The lowest BCUT2D eigenvalue weighted by atomic mass is 10.0. The van der Waals surface area contributed by atoms with Gasteiger partial charge in [0, 0.05) is 25.2 Å². The van der Waals surface area contributed by atoms with Crippen LogP contribution in [0.3, 0.4) is 0 Å². The van der Waals surface area contributed by atoms with Gasteiger partial charge < -0.3 is 20.1 Å². The van der Waals surface area contributed by atoms with Crippen molar-refractivity contribution in [2.75, 3.05) is 51.5 Å². The summed E-state index contributed by atoms with van der Waals surface area (Å²) >= 11 is 1.65. The van der Waals surface area contributed by atoms with Crippen molar-refractivity contribution in [2.24, 2.45) is 0 Å². The van der Waals surface area contributed by atoms with Gasteiger partial charge in [0.05, 0.1) is 13.2 Å². The molecule has 0 aromatic heterocycles. The molecule has 1 aliphatic rings. The fraction of sp³-hybridized carbons (Fsp3) is 0.619. The average Bonchev–Trinajstić information content (AvgIpc) is 2.75. The third kappa shape index (κ3) is 8.24. The van der Waals surface area contributed by atoms with E-state index in [-0.39, 0.29) is 24.0 Å². The molecule has 0 aliphatic carbocycles. The SMILES string of the molecule is CSCCC(NC(=O)COc1ccccc1)C(=O)NCC(C)(C)N1CCOCC1. The Balaban J connectivity index is 1.84. The molecule has 0 bridgehead atoms. The molecule has 1 aliphatic heterocycles. The zero-order valence-electron chi connectivity index (χ0n) is 17.6. The molecule has 1 fully saturated rings. The van der Waals surface area contributed by atoms with E-state index < -0.39 is 6.04 Å². The molecule has 29 heavy (non-hydrogen) atoms. The molecule has 1 aromatic carbocycles. The molecule has 1 heterocycles. The number of amides is 2. The molecular formula is C21H33N3O4S. The number of carbonyl (C=O) groups excluding carboxylic acids is 2. The third-order valence-corrected chi connectivity index (χ3v) is 5.58. The number of hydrogen-bond donors (Lipinski definition) is 2. The zero-order valence-corrected chi connectivity index (χ0v) is 18.4. The van der Waals surface area contributed by atoms with Crippen LogP contribution in [0.4, 0.5) is 0 Å². The van der Waals surface area contributed by atoms with Gasteiger partial charge in [-0.2, -0.15) is 11.8 Å². The van der Waals surface area contributed by atoms with Gasteiger partial charge in [0.1, 0.15) is 11.8 Å². The van der Waals surface area contributed by atoms with Gasteiger partial charge in [-0.1, -0.05) is 18.2 Å². The Hall–Kier alpha value is -1.77. The molecule has 8 heteroatoms. The fourth-order valence-electron chi connectivity index (χ4n) is 3.11. The fourth-order valence-corrected chi connectivity index (χ4v) is 3.58. The quantitative estimate of drug-likeness (QED) is 0.562. The lowest BCUT2D eigenvalue weighted by molar-refractivity contribution is -0.130. The zero-order chi connectivity index (χ0) is 21.1. The van der Waals surface area contributed by atoms with E-state index in [4.69, 9.17) is 9.47 Å². The molecule has 7 nitrogen and oxygen atoms in total. The number of morpholine rings is 1. The summed E-state index contributed by atoms with van der Waals surface area (Å²) in [6, 6.07) is 8.58. The van der Waals surface area contributed by atoms with Gasteiger partial charge in [-0.15, -0.1) is 0 Å². The second-order valence-corrected chi connectivity index (χ2v) is 8.62. The van der Waals surface area contributed by atoms with Gasteiger partial charge in [-0.25, -0.2) is 0 Å². The minimum atomic E-state index is -0.574. The van der Waals surface area contributed by atoms with Gasteiger partial charge >= 0.3 is 0 Å². The van der Waals surface area contributed by atoms with Crippen LogP contribution in [-0.2, 0) is 14.3 Å². The van der Waals surface area contributed by atoms with E-state index in [9.17, 15) is 9.59 Å². The highest BCUT2D eigenvalue weighted by molar-refractivity contribution is 7.98. The Morgan fingerprint density at radius 2 is 1.93 bits per heavy atom. The van der Waals surface area contributed by atoms with Crippen LogP contribution in [0.1, 0.15) is 20.3 Å². The molecule has 2 N–H and O–H groups in total. The van der Waals surface area contributed by atoms with Crippen LogP contribution >= 0.6 is 11.8 Å². The number of carbonyl (C=O) groups is 2. The lowest BCUT2D eigenvalue weighted by Gasteiger charge is -2.41. The maximum absolute atomic E-state index is 12.8. The topological polar surface area (TPSA) is 79.9 Å². The normalized spacial score (nSPS) is 16.1. The highest BCUT2D eigenvalue weighted by Gasteiger charge is 2.30. The van der Waals surface area contributed by atoms with Crippen molar-refractivity contribution in [3.8, 4) is 5.75 Å². The summed E-state index contributed by atoms with van der Waals surface area (Å²) in [5, 5.41) is 5.84. The van der Waals surface area contributed by atoms with E-state index in [1.165, 1.54) is 0 Å². The smallest absolute Gasteiger partial charge is 0.258 e. The van der Waals surface area contributed by atoms with Crippen molar-refractivity contribution in [2.45, 2.75) is 31.8 Å². The first-order valence-corrected chi connectivity index (χ1v) is 11.4. The first kappa shape index (κ1) is 23.5. The number of benzene rings is 1. The predicted molar refractivity (Wildman–Crippen MR) is 116 cm³/mol. The third-order valence-electron chi connectivity index (χ3n) is 4.94. The summed E-state index contributed by atoms with van der Waals surface area (Å²) in [5.74, 6) is 0.945. The van der Waals surface area contributed by atoms with Crippen LogP contribution < -0.4 is 15.4 Å². The van der Waals surface area contributed by atoms with Gasteiger partial charge in [-0.3, -0.25) is 14.5 Å². The summed E-state index contributed by atoms with van der Waals surface area (Å²) in [6.07, 6.45) is 2.55. The van der Waals surface area contributed by atoms with E-state index in [0.29, 0.717) is 31.9 Å². The van der Waals surface area contributed by atoms with E-state index in [0.717, 1.165) is 18.8 Å². The Bertz CT molecular complexity index is 636. The maximum atomic E-state index is 12.8. The van der Waals surface area contributed by atoms with Crippen LogP contribution in [0.5, 0.6) is 5.75 Å². The number of nitrogens with zero attached hydrogens (tertiary/aromatic N) is 1. The Labute approximate surface area is 177 Å². The van der Waals surface area contributed by atoms with Crippen LogP contribution in [0.2, 0.25) is 0 Å². The number of hydrogen-bond acceptors (Lipinski definition) is 6. The number of nitrogens with one attached hydrogen (secondary N) is 2. The van der Waals surface area contributed by atoms with Crippen LogP contribution in [0.15, 0.2) is 30.3 Å². The number of thioether (sulfide) groups is 1. The van der Waals surface area contributed by atoms with Crippen molar-refractivity contribution in [3.05, 3.63) is 30.3 Å². The lowest BCUT2D eigenvalue weighted by Crippen LogP contribution is -2.57. The molecule has 1 unspecified atom stereocenters. The molecule has 0 spiro atoms. The average molecular weight is 424 g/mol. The summed E-state index contributed by atoms with van der Waals surface area (Å²) in [7, 11) is 0. The van der Waals surface area contributed by atoms with Crippen molar-refractivity contribution in [1.82, 2.24) is 15.5 Å². The molecule has 2 amide bonds. The number of para-hydroxylation sites is 1. The van der Waals surface area contributed by atoms with E-state index in [1.807, 2.05) is 24.5 Å². The molecule has 1 atom stereocenters. The molecule has 0 saturated carbocycles. The van der Waals surface area contributed by atoms with Gasteiger partial charge in [0.2, 0.25) is 5.91 Å². The Kier molecular flexibility index (Phi) is 9.76. The largest absolute Gasteiger partial charge is 0.484 e. The van der Waals surface area contributed by atoms with Crippen molar-refractivity contribution >= 4 is 23.6 Å².